The van der Waals surface area contributed by atoms with E-state index in [2.05, 4.69) is 25.7 Å². The number of hydrogen-bond donors (Lipinski definition) is 1. The third kappa shape index (κ3) is 6.04. The van der Waals surface area contributed by atoms with Crippen molar-refractivity contribution in [2.45, 2.75) is 12.1 Å². The summed E-state index contributed by atoms with van der Waals surface area (Å²) in [6.45, 7) is 2.52. The second kappa shape index (κ2) is 11.8. The maximum absolute atomic E-state index is 12.4. The summed E-state index contributed by atoms with van der Waals surface area (Å²) >= 11 is 1.26. The predicted octanol–water partition coefficient (Wildman–Crippen LogP) is 3.98. The molecule has 0 bridgehead atoms. The van der Waals surface area contributed by atoms with Crippen LogP contribution < -0.4 is 14.9 Å². The summed E-state index contributed by atoms with van der Waals surface area (Å²) < 4.78 is 12.7. The Hall–Kier alpha value is -4.18. The van der Waals surface area contributed by atoms with Crippen LogP contribution in [0.5, 0.6) is 11.5 Å². The lowest BCUT2D eigenvalue weighted by Crippen LogP contribution is -2.20. The van der Waals surface area contributed by atoms with Crippen molar-refractivity contribution in [3.63, 3.8) is 0 Å². The minimum Gasteiger partial charge on any atom is -0.496 e. The van der Waals surface area contributed by atoms with E-state index in [0.717, 1.165) is 22.6 Å². The molecule has 0 aliphatic rings. The molecule has 0 aliphatic heterocycles. The highest BCUT2D eigenvalue weighted by atomic mass is 32.2. The third-order valence-electron chi connectivity index (χ3n) is 4.82. The van der Waals surface area contributed by atoms with Gasteiger partial charge in [0.1, 0.15) is 11.5 Å². The summed E-state index contributed by atoms with van der Waals surface area (Å²) in [5.74, 6) is 1.90. The van der Waals surface area contributed by atoms with Gasteiger partial charge in [0, 0.05) is 29.2 Å². The molecule has 35 heavy (non-hydrogen) atoms. The summed E-state index contributed by atoms with van der Waals surface area (Å²) in [5, 5.41) is 13.3. The van der Waals surface area contributed by atoms with Gasteiger partial charge in [0.15, 0.2) is 11.0 Å². The average molecular weight is 489 g/mol. The topological polar surface area (TPSA) is 104 Å². The Morgan fingerprint density at radius 3 is 2.69 bits per heavy atom. The van der Waals surface area contributed by atoms with Crippen LogP contribution in [0.2, 0.25) is 0 Å². The monoisotopic (exact) mass is 488 g/mol. The molecule has 4 aromatic rings. The lowest BCUT2D eigenvalue weighted by Gasteiger charge is -2.11. The number of nitrogens with one attached hydrogen (secondary N) is 1. The number of benzene rings is 2. The van der Waals surface area contributed by atoms with Crippen molar-refractivity contribution in [3.8, 4) is 28.6 Å². The van der Waals surface area contributed by atoms with Crippen molar-refractivity contribution in [1.29, 1.82) is 0 Å². The number of rotatable bonds is 10. The highest BCUT2D eigenvalue weighted by molar-refractivity contribution is 7.99. The molecule has 0 aliphatic carbocycles. The first-order chi connectivity index (χ1) is 17.2. The number of aromatic nitrogens is 4. The number of nitrogens with zero attached hydrogens (tertiary/aromatic N) is 5. The van der Waals surface area contributed by atoms with Gasteiger partial charge in [0.2, 0.25) is 0 Å². The smallest absolute Gasteiger partial charge is 0.250 e. The van der Waals surface area contributed by atoms with Crippen LogP contribution in [0.1, 0.15) is 12.5 Å². The maximum Gasteiger partial charge on any atom is 0.250 e. The Bertz CT molecular complexity index is 1290. The second-order valence-electron chi connectivity index (χ2n) is 7.13. The molecule has 0 fully saturated rings. The van der Waals surface area contributed by atoms with Crippen LogP contribution in [-0.4, -0.2) is 51.3 Å². The summed E-state index contributed by atoms with van der Waals surface area (Å²) in [6, 6.07) is 18.8. The van der Waals surface area contributed by atoms with E-state index in [-0.39, 0.29) is 11.7 Å². The van der Waals surface area contributed by atoms with Crippen molar-refractivity contribution >= 4 is 23.9 Å². The number of para-hydroxylation sites is 1. The number of methoxy groups -OCH3 is 1. The molecule has 0 saturated heterocycles. The maximum atomic E-state index is 12.4. The number of thioether (sulfide) groups is 1. The molecule has 0 radical (unpaired) electrons. The number of pyridine rings is 1. The highest BCUT2D eigenvalue weighted by Gasteiger charge is 2.17. The first-order valence-electron chi connectivity index (χ1n) is 10.9. The zero-order chi connectivity index (χ0) is 24.5. The first kappa shape index (κ1) is 24.0. The van der Waals surface area contributed by atoms with Gasteiger partial charge in [-0.25, -0.2) is 5.43 Å². The molecule has 0 spiro atoms. The van der Waals surface area contributed by atoms with Crippen molar-refractivity contribution in [1.82, 2.24) is 25.2 Å². The number of hydrogen-bond acceptors (Lipinski definition) is 8. The molecule has 10 heteroatoms. The fourth-order valence-electron chi connectivity index (χ4n) is 3.25. The summed E-state index contributed by atoms with van der Waals surface area (Å²) in [7, 11) is 1.59. The number of ether oxygens (including phenoxy) is 2. The molecule has 1 N–H and O–H groups in total. The minimum atomic E-state index is -0.273. The molecule has 1 amide bonds. The quantitative estimate of drug-likeness (QED) is 0.205. The number of carbonyl (C=O) groups excluding carboxylic acids is 1. The minimum absolute atomic E-state index is 0.103. The lowest BCUT2D eigenvalue weighted by molar-refractivity contribution is -0.118. The Kier molecular flexibility index (Phi) is 8.08. The van der Waals surface area contributed by atoms with Crippen molar-refractivity contribution in [2.75, 3.05) is 19.5 Å². The molecule has 4 rings (SSSR count). The van der Waals surface area contributed by atoms with Gasteiger partial charge in [0.25, 0.3) is 5.91 Å². The van der Waals surface area contributed by atoms with Gasteiger partial charge in [0.05, 0.1) is 25.7 Å². The SMILES string of the molecule is CCOc1ccc(-n2c(SCC(=O)N/N=C\c3ccccc3OC)nnc2-c2cccnc2)cc1. The fraction of sp³-hybridized carbons (Fsp3) is 0.160. The van der Waals surface area contributed by atoms with Crippen LogP contribution in [0.3, 0.4) is 0 Å². The first-order valence-corrected chi connectivity index (χ1v) is 11.8. The van der Waals surface area contributed by atoms with E-state index >= 15 is 0 Å². The lowest BCUT2D eigenvalue weighted by atomic mass is 10.2. The zero-order valence-electron chi connectivity index (χ0n) is 19.3. The van der Waals surface area contributed by atoms with Crippen LogP contribution in [-0.2, 0) is 4.79 Å². The average Bonchev–Trinajstić information content (AvgIpc) is 3.33. The van der Waals surface area contributed by atoms with Crippen molar-refractivity contribution < 1.29 is 14.3 Å². The summed E-state index contributed by atoms with van der Waals surface area (Å²) in [6.07, 6.45) is 4.97. The van der Waals surface area contributed by atoms with E-state index in [4.69, 9.17) is 9.47 Å². The standard InChI is InChI=1S/C25H24N6O3S/c1-3-34-21-12-10-20(11-13-21)31-24(19-8-6-14-26-15-19)29-30-25(31)35-17-23(32)28-27-16-18-7-4-5-9-22(18)33-2/h4-16H,3,17H2,1-2H3,(H,28,32)/b27-16-. The van der Waals surface area contributed by atoms with Crippen molar-refractivity contribution in [3.05, 3.63) is 78.6 Å². The van der Waals surface area contributed by atoms with Crippen LogP contribution >= 0.6 is 11.8 Å². The van der Waals surface area contributed by atoms with Gasteiger partial charge in [-0.1, -0.05) is 23.9 Å². The molecule has 178 valence electrons. The highest BCUT2D eigenvalue weighted by Crippen LogP contribution is 2.28. The van der Waals surface area contributed by atoms with Crippen LogP contribution in [0.15, 0.2) is 83.3 Å². The van der Waals surface area contributed by atoms with Gasteiger partial charge >= 0.3 is 0 Å². The molecule has 2 aromatic heterocycles. The van der Waals surface area contributed by atoms with Gasteiger partial charge in [-0.3, -0.25) is 14.3 Å². The van der Waals surface area contributed by atoms with E-state index < -0.39 is 0 Å². The Labute approximate surface area is 207 Å². The van der Waals surface area contributed by atoms with Crippen LogP contribution in [0.25, 0.3) is 17.1 Å². The Balaban J connectivity index is 1.50. The van der Waals surface area contributed by atoms with Crippen molar-refractivity contribution in [2.24, 2.45) is 5.10 Å². The normalized spacial score (nSPS) is 10.9. The molecule has 2 heterocycles. The fourth-order valence-corrected chi connectivity index (χ4v) is 3.99. The Morgan fingerprint density at radius 2 is 1.94 bits per heavy atom. The largest absolute Gasteiger partial charge is 0.496 e. The molecule has 9 nitrogen and oxygen atoms in total. The number of carbonyl (C=O) groups is 1. The van der Waals surface area contributed by atoms with Crippen LogP contribution in [0, 0.1) is 0 Å². The second-order valence-corrected chi connectivity index (χ2v) is 8.08. The van der Waals surface area contributed by atoms with Gasteiger partial charge in [-0.15, -0.1) is 10.2 Å². The molecule has 0 unspecified atom stereocenters. The summed E-state index contributed by atoms with van der Waals surface area (Å²) in [5.41, 5.74) is 4.96. The van der Waals surface area contributed by atoms with E-state index in [1.165, 1.54) is 11.8 Å². The molecular weight excluding hydrogens is 464 g/mol. The van der Waals surface area contributed by atoms with Crippen LogP contribution in [0.4, 0.5) is 0 Å². The van der Waals surface area contributed by atoms with Gasteiger partial charge in [-0.05, 0) is 55.5 Å². The summed E-state index contributed by atoms with van der Waals surface area (Å²) in [4.78, 5) is 16.6. The Morgan fingerprint density at radius 1 is 1.11 bits per heavy atom. The number of amides is 1. The van der Waals surface area contributed by atoms with Gasteiger partial charge in [-0.2, -0.15) is 5.10 Å². The van der Waals surface area contributed by atoms with E-state index in [1.807, 2.05) is 72.2 Å². The predicted molar refractivity (Wildman–Crippen MR) is 135 cm³/mol. The third-order valence-corrected chi connectivity index (χ3v) is 5.75. The molecular formula is C25H24N6O3S. The van der Waals surface area contributed by atoms with E-state index in [9.17, 15) is 4.79 Å². The van der Waals surface area contributed by atoms with E-state index in [0.29, 0.717) is 23.3 Å². The molecule has 0 saturated carbocycles. The molecule has 2 aromatic carbocycles. The van der Waals surface area contributed by atoms with E-state index in [1.54, 1.807) is 25.7 Å². The zero-order valence-corrected chi connectivity index (χ0v) is 20.1. The number of hydrazone groups is 1. The van der Waals surface area contributed by atoms with Gasteiger partial charge < -0.3 is 9.47 Å². The molecule has 0 atom stereocenters.